The van der Waals surface area contributed by atoms with E-state index in [4.69, 9.17) is 5.73 Å². The fraction of sp³-hybridized carbons (Fsp3) is 0.667. The SMILES string of the molecule is CC(C)CCN(CCC(C)C)c1c(F)cccc1[C@@H](C)N. The van der Waals surface area contributed by atoms with Crippen LogP contribution in [0.5, 0.6) is 0 Å². The van der Waals surface area contributed by atoms with E-state index in [0.29, 0.717) is 17.5 Å². The third-order valence-corrected chi connectivity index (χ3v) is 3.78. The molecular formula is C18H31FN2. The summed E-state index contributed by atoms with van der Waals surface area (Å²) in [5.41, 5.74) is 7.65. The van der Waals surface area contributed by atoms with E-state index in [1.54, 1.807) is 12.1 Å². The standard InChI is InChI=1S/C18H31FN2/c1-13(2)9-11-21(12-10-14(3)4)18-16(15(5)20)7-6-8-17(18)19/h6-8,13-15H,9-12,20H2,1-5H3/t15-/m1/s1. The molecule has 0 bridgehead atoms. The van der Waals surface area contributed by atoms with Crippen molar-refractivity contribution in [1.82, 2.24) is 0 Å². The molecule has 3 heteroatoms. The largest absolute Gasteiger partial charge is 0.369 e. The molecule has 0 saturated heterocycles. The molecule has 0 amide bonds. The molecule has 0 saturated carbocycles. The van der Waals surface area contributed by atoms with Crippen LogP contribution < -0.4 is 10.6 Å². The van der Waals surface area contributed by atoms with Gasteiger partial charge in [-0.25, -0.2) is 4.39 Å². The van der Waals surface area contributed by atoms with Gasteiger partial charge >= 0.3 is 0 Å². The topological polar surface area (TPSA) is 29.3 Å². The van der Waals surface area contributed by atoms with Crippen molar-refractivity contribution >= 4 is 5.69 Å². The number of nitrogens with zero attached hydrogens (tertiary/aromatic N) is 1. The van der Waals surface area contributed by atoms with Crippen LogP contribution in [0, 0.1) is 17.7 Å². The van der Waals surface area contributed by atoms with Gasteiger partial charge in [-0.2, -0.15) is 0 Å². The Balaban J connectivity index is 3.05. The lowest BCUT2D eigenvalue weighted by Gasteiger charge is -2.30. The predicted molar refractivity (Wildman–Crippen MR) is 90.1 cm³/mol. The summed E-state index contributed by atoms with van der Waals surface area (Å²) in [4.78, 5) is 2.19. The third kappa shape index (κ3) is 5.66. The number of halogens is 1. The first-order valence-corrected chi connectivity index (χ1v) is 8.11. The Kier molecular flexibility index (Phi) is 7.16. The van der Waals surface area contributed by atoms with E-state index in [1.807, 2.05) is 13.0 Å². The summed E-state index contributed by atoms with van der Waals surface area (Å²) in [6.07, 6.45) is 2.12. The van der Waals surface area contributed by atoms with Crippen molar-refractivity contribution in [3.8, 4) is 0 Å². The van der Waals surface area contributed by atoms with Gasteiger partial charge in [0.05, 0.1) is 5.69 Å². The molecule has 21 heavy (non-hydrogen) atoms. The minimum absolute atomic E-state index is 0.155. The van der Waals surface area contributed by atoms with E-state index in [9.17, 15) is 4.39 Å². The molecule has 0 aliphatic rings. The van der Waals surface area contributed by atoms with Crippen LogP contribution in [-0.4, -0.2) is 13.1 Å². The summed E-state index contributed by atoms with van der Waals surface area (Å²) in [5, 5.41) is 0. The van der Waals surface area contributed by atoms with Crippen LogP contribution in [0.4, 0.5) is 10.1 Å². The molecule has 1 aromatic rings. The Labute approximate surface area is 129 Å². The lowest BCUT2D eigenvalue weighted by Crippen LogP contribution is -2.30. The molecule has 2 nitrogen and oxygen atoms in total. The number of benzene rings is 1. The van der Waals surface area contributed by atoms with Crippen molar-refractivity contribution < 1.29 is 4.39 Å². The van der Waals surface area contributed by atoms with Crippen molar-refractivity contribution in [2.45, 2.75) is 53.5 Å². The Bertz CT molecular complexity index is 415. The molecule has 0 fully saturated rings. The zero-order chi connectivity index (χ0) is 16.0. The fourth-order valence-corrected chi connectivity index (χ4v) is 2.40. The van der Waals surface area contributed by atoms with Gasteiger partial charge in [0.15, 0.2) is 0 Å². The molecule has 1 aromatic carbocycles. The van der Waals surface area contributed by atoms with Gasteiger partial charge in [0.1, 0.15) is 5.82 Å². The molecule has 0 spiro atoms. The Morgan fingerprint density at radius 3 is 1.95 bits per heavy atom. The smallest absolute Gasteiger partial charge is 0.146 e. The summed E-state index contributed by atoms with van der Waals surface area (Å²) in [5.74, 6) is 1.06. The molecule has 0 aromatic heterocycles. The normalized spacial score (nSPS) is 13.0. The zero-order valence-corrected chi connectivity index (χ0v) is 14.2. The van der Waals surface area contributed by atoms with Crippen molar-refractivity contribution in [3.63, 3.8) is 0 Å². The van der Waals surface area contributed by atoms with Gasteiger partial charge in [-0.3, -0.25) is 0 Å². The summed E-state index contributed by atoms with van der Waals surface area (Å²) < 4.78 is 14.4. The molecule has 0 unspecified atom stereocenters. The maximum atomic E-state index is 14.4. The predicted octanol–water partition coefficient (Wildman–Crippen LogP) is 4.74. The molecule has 0 aliphatic heterocycles. The quantitative estimate of drug-likeness (QED) is 0.750. The lowest BCUT2D eigenvalue weighted by atomic mass is 10.0. The second-order valence-electron chi connectivity index (χ2n) is 6.82. The van der Waals surface area contributed by atoms with Crippen LogP contribution in [0.1, 0.15) is 59.1 Å². The van der Waals surface area contributed by atoms with E-state index in [0.717, 1.165) is 31.5 Å². The number of nitrogens with two attached hydrogens (primary N) is 1. The van der Waals surface area contributed by atoms with Crippen LogP contribution >= 0.6 is 0 Å². The highest BCUT2D eigenvalue weighted by Crippen LogP contribution is 2.29. The molecule has 120 valence electrons. The van der Waals surface area contributed by atoms with Crippen LogP contribution in [-0.2, 0) is 0 Å². The lowest BCUT2D eigenvalue weighted by molar-refractivity contribution is 0.524. The Hall–Kier alpha value is -1.09. The molecule has 0 heterocycles. The number of hydrogen-bond acceptors (Lipinski definition) is 2. The highest BCUT2D eigenvalue weighted by atomic mass is 19.1. The van der Waals surface area contributed by atoms with Gasteiger partial charge in [0.2, 0.25) is 0 Å². The van der Waals surface area contributed by atoms with E-state index in [-0.39, 0.29) is 11.9 Å². The van der Waals surface area contributed by atoms with E-state index in [1.165, 1.54) is 0 Å². The van der Waals surface area contributed by atoms with Gasteiger partial charge in [0.25, 0.3) is 0 Å². The number of para-hydroxylation sites is 1. The second-order valence-corrected chi connectivity index (χ2v) is 6.82. The first-order valence-electron chi connectivity index (χ1n) is 8.11. The van der Waals surface area contributed by atoms with Crippen LogP contribution in [0.2, 0.25) is 0 Å². The maximum absolute atomic E-state index is 14.4. The van der Waals surface area contributed by atoms with E-state index >= 15 is 0 Å². The fourth-order valence-electron chi connectivity index (χ4n) is 2.40. The molecule has 0 radical (unpaired) electrons. The van der Waals surface area contributed by atoms with Gasteiger partial charge in [0, 0.05) is 19.1 Å². The summed E-state index contributed by atoms with van der Waals surface area (Å²) in [6, 6.07) is 5.08. The minimum Gasteiger partial charge on any atom is -0.369 e. The summed E-state index contributed by atoms with van der Waals surface area (Å²) in [7, 11) is 0. The number of hydrogen-bond donors (Lipinski definition) is 1. The van der Waals surface area contributed by atoms with E-state index < -0.39 is 0 Å². The number of anilines is 1. The van der Waals surface area contributed by atoms with Crippen molar-refractivity contribution in [3.05, 3.63) is 29.6 Å². The van der Waals surface area contributed by atoms with Crippen molar-refractivity contribution in [1.29, 1.82) is 0 Å². The molecule has 1 rings (SSSR count). The monoisotopic (exact) mass is 294 g/mol. The summed E-state index contributed by atoms with van der Waals surface area (Å²) >= 11 is 0. The zero-order valence-electron chi connectivity index (χ0n) is 14.2. The average Bonchev–Trinajstić information content (AvgIpc) is 2.38. The Morgan fingerprint density at radius 2 is 1.52 bits per heavy atom. The minimum atomic E-state index is -0.156. The molecule has 1 atom stereocenters. The van der Waals surface area contributed by atoms with Gasteiger partial charge in [-0.05, 0) is 43.2 Å². The highest BCUT2D eigenvalue weighted by Gasteiger charge is 2.18. The summed E-state index contributed by atoms with van der Waals surface area (Å²) in [6.45, 7) is 12.5. The highest BCUT2D eigenvalue weighted by molar-refractivity contribution is 5.56. The van der Waals surface area contributed by atoms with Gasteiger partial charge < -0.3 is 10.6 Å². The molecule has 0 aliphatic carbocycles. The molecular weight excluding hydrogens is 263 g/mol. The third-order valence-electron chi connectivity index (χ3n) is 3.78. The first kappa shape index (κ1) is 18.0. The van der Waals surface area contributed by atoms with Crippen LogP contribution in [0.3, 0.4) is 0 Å². The first-order chi connectivity index (χ1) is 9.82. The van der Waals surface area contributed by atoms with Crippen molar-refractivity contribution in [2.24, 2.45) is 17.6 Å². The Morgan fingerprint density at radius 1 is 1.00 bits per heavy atom. The average molecular weight is 294 g/mol. The van der Waals surface area contributed by atoms with Gasteiger partial charge in [-0.1, -0.05) is 39.8 Å². The maximum Gasteiger partial charge on any atom is 0.146 e. The van der Waals surface area contributed by atoms with Gasteiger partial charge in [-0.15, -0.1) is 0 Å². The van der Waals surface area contributed by atoms with Crippen LogP contribution in [0.15, 0.2) is 18.2 Å². The molecule has 2 N–H and O–H groups in total. The van der Waals surface area contributed by atoms with Crippen LogP contribution in [0.25, 0.3) is 0 Å². The van der Waals surface area contributed by atoms with Crippen molar-refractivity contribution in [2.75, 3.05) is 18.0 Å². The van der Waals surface area contributed by atoms with E-state index in [2.05, 4.69) is 32.6 Å². The second kappa shape index (κ2) is 8.38. The number of rotatable bonds is 8.